The maximum absolute atomic E-state index is 13.7. The molecule has 0 saturated heterocycles. The van der Waals surface area contributed by atoms with E-state index in [1.165, 1.54) is 12.1 Å². The zero-order valence-corrected chi connectivity index (χ0v) is 20.6. The summed E-state index contributed by atoms with van der Waals surface area (Å²) in [6.07, 6.45) is 6.54. The number of primary amides is 1. The normalized spacial score (nSPS) is 34.4. The molecule has 2 amide bonds. The van der Waals surface area contributed by atoms with E-state index < -0.39 is 21.0 Å². The summed E-state index contributed by atoms with van der Waals surface area (Å²) in [5.74, 6) is 0.353. The smallest absolute Gasteiger partial charge is 0.244 e. The van der Waals surface area contributed by atoms with Crippen molar-refractivity contribution in [3.05, 3.63) is 28.2 Å². The van der Waals surface area contributed by atoms with Gasteiger partial charge in [0.25, 0.3) is 0 Å². The first-order valence-corrected chi connectivity index (χ1v) is 13.9. The number of amides is 2. The highest BCUT2D eigenvalue weighted by Gasteiger charge is 2.59. The van der Waals surface area contributed by atoms with Crippen LogP contribution < -0.4 is 15.8 Å². The molecule has 6 rings (SSSR count). The molecule has 1 aromatic rings. The van der Waals surface area contributed by atoms with Crippen LogP contribution >= 0.6 is 23.2 Å². The van der Waals surface area contributed by atoms with Crippen molar-refractivity contribution in [2.24, 2.45) is 28.9 Å². The Balaban J connectivity index is 1.39. The first-order valence-electron chi connectivity index (χ1n) is 11.6. The van der Waals surface area contributed by atoms with Crippen LogP contribution in [0.2, 0.25) is 10.0 Å². The van der Waals surface area contributed by atoms with E-state index in [2.05, 4.69) is 10.0 Å². The number of hydrogen-bond donors (Lipinski definition) is 3. The van der Waals surface area contributed by atoms with E-state index in [-0.39, 0.29) is 44.6 Å². The summed E-state index contributed by atoms with van der Waals surface area (Å²) in [6, 6.07) is 4.44. The Morgan fingerprint density at radius 3 is 2.12 bits per heavy atom. The summed E-state index contributed by atoms with van der Waals surface area (Å²) >= 11 is 12.3. The van der Waals surface area contributed by atoms with Gasteiger partial charge < -0.3 is 11.1 Å². The van der Waals surface area contributed by atoms with Crippen LogP contribution in [0.15, 0.2) is 23.1 Å². The van der Waals surface area contributed by atoms with Crippen LogP contribution in [0, 0.1) is 23.2 Å². The molecule has 5 aliphatic rings. The second-order valence-electron chi connectivity index (χ2n) is 10.6. The number of sulfonamides is 1. The summed E-state index contributed by atoms with van der Waals surface area (Å²) in [6.45, 7) is 0. The van der Waals surface area contributed by atoms with E-state index >= 15 is 0 Å². The molecule has 4 bridgehead atoms. The lowest BCUT2D eigenvalue weighted by Crippen LogP contribution is -2.65. The molecule has 2 atom stereocenters. The van der Waals surface area contributed by atoms with Gasteiger partial charge in [0.15, 0.2) is 0 Å². The molecule has 7 nitrogen and oxygen atoms in total. The molecule has 180 valence electrons. The zero-order valence-electron chi connectivity index (χ0n) is 18.3. The van der Waals surface area contributed by atoms with Gasteiger partial charge in [0, 0.05) is 11.5 Å². The molecule has 5 saturated carbocycles. The second-order valence-corrected chi connectivity index (χ2v) is 13.0. The van der Waals surface area contributed by atoms with Crippen LogP contribution in [-0.2, 0) is 19.6 Å². The molecule has 10 heteroatoms. The lowest BCUT2D eigenvalue weighted by atomic mass is 9.47. The molecule has 5 aliphatic carbocycles. The topological polar surface area (TPSA) is 118 Å². The Morgan fingerprint density at radius 1 is 1.00 bits per heavy atom. The third kappa shape index (κ3) is 3.87. The Labute approximate surface area is 204 Å². The predicted molar refractivity (Wildman–Crippen MR) is 125 cm³/mol. The summed E-state index contributed by atoms with van der Waals surface area (Å²) in [5, 5.41) is 3.25. The first-order chi connectivity index (χ1) is 15.6. The van der Waals surface area contributed by atoms with Crippen molar-refractivity contribution in [2.45, 2.75) is 74.3 Å². The number of nitrogens with two attached hydrogens (primary N) is 1. The highest BCUT2D eigenvalue weighted by molar-refractivity contribution is 7.89. The van der Waals surface area contributed by atoms with E-state index in [0.29, 0.717) is 31.6 Å². The molecule has 33 heavy (non-hydrogen) atoms. The van der Waals surface area contributed by atoms with E-state index in [1.54, 1.807) is 6.07 Å². The predicted octanol–water partition coefficient (Wildman–Crippen LogP) is 3.38. The van der Waals surface area contributed by atoms with Gasteiger partial charge in [-0.1, -0.05) is 42.1 Å². The third-order valence-electron chi connectivity index (χ3n) is 8.50. The van der Waals surface area contributed by atoms with E-state index in [4.69, 9.17) is 28.9 Å². The molecular formula is C23H29Cl2N3O4S. The van der Waals surface area contributed by atoms with E-state index in [1.807, 2.05) is 0 Å². The van der Waals surface area contributed by atoms with Gasteiger partial charge in [-0.15, -0.1) is 0 Å². The van der Waals surface area contributed by atoms with Crippen LogP contribution in [0.25, 0.3) is 0 Å². The van der Waals surface area contributed by atoms with Gasteiger partial charge in [0.2, 0.25) is 21.8 Å². The van der Waals surface area contributed by atoms with Crippen LogP contribution in [0.4, 0.5) is 0 Å². The van der Waals surface area contributed by atoms with Gasteiger partial charge in [0.1, 0.15) is 10.4 Å². The standard InChI is InChI=1S/C23H29Cl2N3O4S/c24-16-4-3-5-17(25)19(16)33(31,32)28-23(6-1-2-7-23)21(30)27-18-14-8-13-9-15(18)12-22(10-13,11-14)20(26)29/h3-5,13-15,18,28H,1-2,6-12H2,(H2,26,29)(H,27,30). The second kappa shape index (κ2) is 8.11. The van der Waals surface area contributed by atoms with Gasteiger partial charge in [-0.2, -0.15) is 4.72 Å². The first kappa shape index (κ1) is 23.4. The van der Waals surface area contributed by atoms with Crippen molar-refractivity contribution in [2.75, 3.05) is 0 Å². The fraction of sp³-hybridized carbons (Fsp3) is 0.652. The average Bonchev–Trinajstić information content (AvgIpc) is 3.18. The molecule has 0 heterocycles. The molecule has 1 aromatic carbocycles. The average molecular weight is 514 g/mol. The third-order valence-corrected chi connectivity index (χ3v) is 11.0. The summed E-state index contributed by atoms with van der Waals surface area (Å²) < 4.78 is 29.2. The Bertz CT molecular complexity index is 1070. The Morgan fingerprint density at radius 2 is 1.58 bits per heavy atom. The number of nitrogens with one attached hydrogen (secondary N) is 2. The van der Waals surface area contributed by atoms with Crippen molar-refractivity contribution in [1.29, 1.82) is 0 Å². The largest absolute Gasteiger partial charge is 0.369 e. The molecule has 0 spiro atoms. The van der Waals surface area contributed by atoms with Gasteiger partial charge in [-0.25, -0.2) is 8.42 Å². The molecule has 0 aliphatic heterocycles. The molecular weight excluding hydrogens is 485 g/mol. The quantitative estimate of drug-likeness (QED) is 0.539. The summed E-state index contributed by atoms with van der Waals surface area (Å²) in [5.41, 5.74) is 4.11. The minimum Gasteiger partial charge on any atom is -0.369 e. The van der Waals surface area contributed by atoms with Gasteiger partial charge in [-0.05, 0) is 74.8 Å². The van der Waals surface area contributed by atoms with Crippen LogP contribution in [0.1, 0.15) is 57.8 Å². The van der Waals surface area contributed by atoms with E-state index in [0.717, 1.165) is 32.1 Å². The van der Waals surface area contributed by atoms with Crippen molar-refractivity contribution in [3.63, 3.8) is 0 Å². The maximum Gasteiger partial charge on any atom is 0.244 e. The van der Waals surface area contributed by atoms with Crippen molar-refractivity contribution >= 4 is 45.0 Å². The Kier molecular flexibility index (Phi) is 5.75. The van der Waals surface area contributed by atoms with E-state index in [9.17, 15) is 18.0 Å². The van der Waals surface area contributed by atoms with Gasteiger partial charge in [0.05, 0.1) is 10.0 Å². The van der Waals surface area contributed by atoms with Crippen molar-refractivity contribution in [1.82, 2.24) is 10.0 Å². The number of rotatable bonds is 6. The molecule has 4 N–H and O–H groups in total. The minimum atomic E-state index is -4.13. The molecule has 2 unspecified atom stereocenters. The number of carbonyl (C=O) groups excluding carboxylic acids is 2. The maximum atomic E-state index is 13.7. The monoisotopic (exact) mass is 513 g/mol. The summed E-state index contributed by atoms with van der Waals surface area (Å²) in [7, 11) is -4.13. The van der Waals surface area contributed by atoms with Crippen LogP contribution in [0.5, 0.6) is 0 Å². The summed E-state index contributed by atoms with van der Waals surface area (Å²) in [4.78, 5) is 25.7. The highest BCUT2D eigenvalue weighted by Crippen LogP contribution is 2.60. The number of carbonyl (C=O) groups is 2. The lowest BCUT2D eigenvalue weighted by molar-refractivity contribution is -0.148. The van der Waals surface area contributed by atoms with Crippen molar-refractivity contribution < 1.29 is 18.0 Å². The number of hydrogen-bond acceptors (Lipinski definition) is 4. The number of halogens is 2. The lowest BCUT2D eigenvalue weighted by Gasteiger charge is -2.59. The fourth-order valence-electron chi connectivity index (χ4n) is 7.25. The van der Waals surface area contributed by atoms with Crippen LogP contribution in [0.3, 0.4) is 0 Å². The van der Waals surface area contributed by atoms with Gasteiger partial charge in [-0.3, -0.25) is 9.59 Å². The number of benzene rings is 1. The molecule has 0 radical (unpaired) electrons. The molecule has 5 fully saturated rings. The SMILES string of the molecule is NC(=O)C12CC3CC(C1)C(NC(=O)C1(NS(=O)(=O)c4c(Cl)cccc4Cl)CCCC1)C(C3)C2. The van der Waals surface area contributed by atoms with Crippen molar-refractivity contribution in [3.8, 4) is 0 Å². The van der Waals surface area contributed by atoms with Gasteiger partial charge >= 0.3 is 0 Å². The van der Waals surface area contributed by atoms with Crippen LogP contribution in [-0.4, -0.2) is 31.8 Å². The highest BCUT2D eigenvalue weighted by atomic mass is 35.5. The zero-order chi connectivity index (χ0) is 23.6. The molecule has 0 aromatic heterocycles. The minimum absolute atomic E-state index is 0.0151. The Hall–Kier alpha value is -1.35. The fourth-order valence-corrected chi connectivity index (χ4v) is 9.82.